The molecule has 0 spiro atoms. The summed E-state index contributed by atoms with van der Waals surface area (Å²) in [6.07, 6.45) is 0. The van der Waals surface area contributed by atoms with Crippen molar-refractivity contribution in [3.63, 3.8) is 0 Å². The predicted molar refractivity (Wildman–Crippen MR) is 62.8 cm³/mol. The summed E-state index contributed by atoms with van der Waals surface area (Å²) in [4.78, 5) is 0. The van der Waals surface area contributed by atoms with Crippen molar-refractivity contribution in [3.05, 3.63) is 40.2 Å². The van der Waals surface area contributed by atoms with Crippen molar-refractivity contribution in [2.75, 3.05) is 5.32 Å². The highest BCUT2D eigenvalue weighted by molar-refractivity contribution is 7.80. The van der Waals surface area contributed by atoms with Crippen molar-refractivity contribution in [1.82, 2.24) is 0 Å². The first-order chi connectivity index (χ1) is 6.34. The normalized spacial score (nSPS) is 9.85. The predicted octanol–water partition coefficient (Wildman–Crippen LogP) is 4.28. The Morgan fingerprint density at radius 3 is 2.46 bits per heavy atom. The first-order valence-electron chi connectivity index (χ1n) is 3.77. The van der Waals surface area contributed by atoms with Crippen LogP contribution in [-0.4, -0.2) is 0 Å². The van der Waals surface area contributed by atoms with Gasteiger partial charge < -0.3 is 5.32 Å². The molecule has 2 aromatic rings. The molecule has 2 rings (SSSR count). The van der Waals surface area contributed by atoms with Gasteiger partial charge >= 0.3 is 0 Å². The Labute approximate surface area is 89.1 Å². The molecule has 0 atom stereocenters. The monoisotopic (exact) mass is 225 g/mol. The molecule has 1 N–H and O–H groups in total. The number of anilines is 2. The number of rotatable bonds is 2. The fraction of sp³-hybridized carbons (Fsp3) is 0. The first kappa shape index (κ1) is 8.87. The smallest absolute Gasteiger partial charge is 0.105 e. The highest BCUT2D eigenvalue weighted by atomic mass is 32.9. The summed E-state index contributed by atoms with van der Waals surface area (Å²) < 4.78 is 0.934. The van der Waals surface area contributed by atoms with Crippen LogP contribution in [0.15, 0.2) is 36.4 Å². The van der Waals surface area contributed by atoms with E-state index in [4.69, 9.17) is 12.2 Å². The van der Waals surface area contributed by atoms with E-state index in [1.807, 2.05) is 36.4 Å². The molecule has 1 heterocycles. The second kappa shape index (κ2) is 4.00. The van der Waals surface area contributed by atoms with Gasteiger partial charge in [-0.25, -0.2) is 0 Å². The van der Waals surface area contributed by atoms with Crippen LogP contribution in [0.1, 0.15) is 0 Å². The summed E-state index contributed by atoms with van der Waals surface area (Å²) in [6, 6.07) is 12.1. The van der Waals surface area contributed by atoms with Gasteiger partial charge in [0.1, 0.15) is 8.82 Å². The van der Waals surface area contributed by atoms with Gasteiger partial charge in [0.05, 0.1) is 0 Å². The fourth-order valence-electron chi connectivity index (χ4n) is 0.962. The Morgan fingerprint density at radius 1 is 1.08 bits per heavy atom. The number of hydrogen-bond donors (Lipinski definition) is 1. The molecule has 0 unspecified atom stereocenters. The average Bonchev–Trinajstić information content (AvgIpc) is 2.53. The zero-order valence-corrected chi connectivity index (χ0v) is 9.14. The molecule has 4 heteroatoms. The average molecular weight is 225 g/mol. The lowest BCUT2D eigenvalue weighted by Crippen LogP contribution is -1.84. The van der Waals surface area contributed by atoms with E-state index in [1.54, 1.807) is 20.7 Å². The summed E-state index contributed by atoms with van der Waals surface area (Å²) >= 11 is 5.04. The summed E-state index contributed by atoms with van der Waals surface area (Å²) in [7, 11) is 3.29. The second-order valence-electron chi connectivity index (χ2n) is 2.49. The van der Waals surface area contributed by atoms with Crippen LogP contribution >= 0.6 is 32.9 Å². The molecule has 0 radical (unpaired) electrons. The molecule has 1 nitrogen and oxygen atoms in total. The summed E-state index contributed by atoms with van der Waals surface area (Å²) in [5, 5.41) is 4.40. The molecule has 1 aromatic heterocycles. The molecule has 0 aliphatic carbocycles. The molecule has 0 aliphatic rings. The van der Waals surface area contributed by atoms with E-state index in [9.17, 15) is 0 Å². The van der Waals surface area contributed by atoms with E-state index in [0.29, 0.717) is 0 Å². The van der Waals surface area contributed by atoms with Crippen molar-refractivity contribution in [2.24, 2.45) is 0 Å². The quantitative estimate of drug-likeness (QED) is 0.604. The molecular weight excluding hydrogens is 218 g/mol. The third-order valence-corrected chi connectivity index (χ3v) is 4.28. The summed E-state index contributed by atoms with van der Waals surface area (Å²) in [6.45, 7) is 0. The third-order valence-electron chi connectivity index (χ3n) is 1.50. The maximum atomic E-state index is 5.04. The van der Waals surface area contributed by atoms with E-state index >= 15 is 0 Å². The Bertz CT molecular complexity index is 429. The van der Waals surface area contributed by atoms with Crippen molar-refractivity contribution >= 4 is 43.6 Å². The third kappa shape index (κ3) is 2.37. The van der Waals surface area contributed by atoms with Crippen LogP contribution in [0.3, 0.4) is 0 Å². The lowest BCUT2D eigenvalue weighted by atomic mass is 10.3. The van der Waals surface area contributed by atoms with Crippen molar-refractivity contribution in [1.29, 1.82) is 0 Å². The van der Waals surface area contributed by atoms with Gasteiger partial charge in [0.15, 0.2) is 0 Å². The maximum absolute atomic E-state index is 5.04. The minimum atomic E-state index is 0.934. The lowest BCUT2D eigenvalue weighted by Gasteiger charge is -2.00. The van der Waals surface area contributed by atoms with Crippen LogP contribution in [0, 0.1) is 3.82 Å². The molecule has 0 fully saturated rings. The van der Waals surface area contributed by atoms with E-state index in [-0.39, 0.29) is 0 Å². The minimum Gasteiger partial charge on any atom is -0.347 e. The highest BCUT2D eigenvalue weighted by Gasteiger charge is 1.95. The zero-order valence-electron chi connectivity index (χ0n) is 6.69. The van der Waals surface area contributed by atoms with Gasteiger partial charge in [-0.2, -0.15) is 0 Å². The Balaban J connectivity index is 2.20. The van der Waals surface area contributed by atoms with Gasteiger partial charge in [-0.05, 0) is 12.1 Å². The molecule has 0 aliphatic heterocycles. The van der Waals surface area contributed by atoms with Crippen LogP contribution in [0.4, 0.5) is 10.7 Å². The summed E-state index contributed by atoms with van der Waals surface area (Å²) in [5.74, 6) is 0. The standard InChI is InChI=1S/C9H7NS3/c11-9-6-8(12-13-9)10-7-4-2-1-3-5-7/h1-6,10H. The van der Waals surface area contributed by atoms with E-state index in [1.165, 1.54) is 0 Å². The topological polar surface area (TPSA) is 12.0 Å². The Hall–Kier alpha value is -0.710. The molecule has 0 saturated heterocycles. The van der Waals surface area contributed by atoms with Crippen LogP contribution in [0.25, 0.3) is 0 Å². The number of nitrogens with one attached hydrogen (secondary N) is 1. The van der Waals surface area contributed by atoms with Crippen molar-refractivity contribution in [3.8, 4) is 0 Å². The van der Waals surface area contributed by atoms with Crippen LogP contribution in [-0.2, 0) is 0 Å². The maximum Gasteiger partial charge on any atom is 0.105 e. The Kier molecular flexibility index (Phi) is 2.73. The number of para-hydroxylation sites is 1. The number of benzene rings is 1. The van der Waals surface area contributed by atoms with E-state index < -0.39 is 0 Å². The van der Waals surface area contributed by atoms with Gasteiger partial charge in [-0.1, -0.05) is 51.1 Å². The van der Waals surface area contributed by atoms with Crippen LogP contribution in [0.5, 0.6) is 0 Å². The van der Waals surface area contributed by atoms with Gasteiger partial charge in [0, 0.05) is 11.8 Å². The van der Waals surface area contributed by atoms with Gasteiger partial charge in [0.2, 0.25) is 0 Å². The van der Waals surface area contributed by atoms with E-state index in [0.717, 1.165) is 14.5 Å². The zero-order chi connectivity index (χ0) is 9.10. The molecular formula is C9H7NS3. The highest BCUT2D eigenvalue weighted by Crippen LogP contribution is 2.26. The van der Waals surface area contributed by atoms with Crippen molar-refractivity contribution < 1.29 is 0 Å². The van der Waals surface area contributed by atoms with Gasteiger partial charge in [-0.15, -0.1) is 0 Å². The van der Waals surface area contributed by atoms with E-state index in [2.05, 4.69) is 5.32 Å². The fourth-order valence-corrected chi connectivity index (χ4v) is 3.13. The van der Waals surface area contributed by atoms with Crippen molar-refractivity contribution in [2.45, 2.75) is 0 Å². The number of hydrogen-bond acceptors (Lipinski definition) is 4. The summed E-state index contributed by atoms with van der Waals surface area (Å²) in [5.41, 5.74) is 1.10. The molecule has 1 aromatic carbocycles. The molecule has 0 amide bonds. The molecule has 0 bridgehead atoms. The molecule has 0 saturated carbocycles. The Morgan fingerprint density at radius 2 is 1.85 bits per heavy atom. The molecule has 66 valence electrons. The minimum absolute atomic E-state index is 0.934. The van der Waals surface area contributed by atoms with Gasteiger partial charge in [0.25, 0.3) is 0 Å². The van der Waals surface area contributed by atoms with Crippen LogP contribution in [0.2, 0.25) is 0 Å². The second-order valence-corrected chi connectivity index (χ2v) is 5.40. The van der Waals surface area contributed by atoms with Crippen LogP contribution < -0.4 is 5.32 Å². The van der Waals surface area contributed by atoms with Gasteiger partial charge in [-0.3, -0.25) is 0 Å². The molecule has 13 heavy (non-hydrogen) atoms. The largest absolute Gasteiger partial charge is 0.347 e. The first-order valence-corrected chi connectivity index (χ1v) is 6.33. The lowest BCUT2D eigenvalue weighted by molar-refractivity contribution is 1.61. The SMILES string of the molecule is S=c1cc(Nc2ccccc2)ss1.